The lowest BCUT2D eigenvalue weighted by molar-refractivity contribution is -0.119. The van der Waals surface area contributed by atoms with Gasteiger partial charge >= 0.3 is 0 Å². The van der Waals surface area contributed by atoms with Crippen molar-refractivity contribution in [2.75, 3.05) is 10.6 Å². The Morgan fingerprint density at radius 3 is 2.67 bits per heavy atom. The number of amides is 2. The molecule has 1 heterocycles. The van der Waals surface area contributed by atoms with Crippen molar-refractivity contribution in [3.05, 3.63) is 64.7 Å². The molecule has 1 aromatic heterocycles. The lowest BCUT2D eigenvalue weighted by atomic mass is 10.1. The Kier molecular flexibility index (Phi) is 5.09. The Morgan fingerprint density at radius 2 is 1.80 bits per heavy atom. The first kappa shape index (κ1) is 19.0. The first-order valence-electron chi connectivity index (χ1n) is 10.4. The minimum absolute atomic E-state index is 0.0528. The zero-order chi connectivity index (χ0) is 20.5. The number of hydrogen-bond donors (Lipinski definition) is 2. The van der Waals surface area contributed by atoms with Gasteiger partial charge in [-0.3, -0.25) is 9.59 Å². The summed E-state index contributed by atoms with van der Waals surface area (Å²) < 4.78 is 0. The molecule has 0 spiro atoms. The first-order valence-corrected chi connectivity index (χ1v) is 11.3. The van der Waals surface area contributed by atoms with Crippen LogP contribution in [0.15, 0.2) is 47.8 Å². The third kappa shape index (κ3) is 3.87. The van der Waals surface area contributed by atoms with E-state index in [0.29, 0.717) is 10.8 Å². The van der Waals surface area contributed by atoms with E-state index in [2.05, 4.69) is 52.0 Å². The van der Waals surface area contributed by atoms with E-state index < -0.39 is 0 Å². The minimum atomic E-state index is -0.107. The number of hydrogen-bond acceptors (Lipinski definition) is 4. The summed E-state index contributed by atoms with van der Waals surface area (Å²) in [6.07, 6.45) is 5.24. The minimum Gasteiger partial charge on any atom is -0.326 e. The summed E-state index contributed by atoms with van der Waals surface area (Å²) in [6.45, 7) is 0. The highest BCUT2D eigenvalue weighted by molar-refractivity contribution is 7.13. The number of carbonyl (C=O) groups is 2. The molecule has 0 atom stereocenters. The molecule has 2 aromatic carbocycles. The number of thiazole rings is 1. The van der Waals surface area contributed by atoms with Crippen LogP contribution in [-0.2, 0) is 22.4 Å². The molecule has 2 aliphatic carbocycles. The van der Waals surface area contributed by atoms with Crippen LogP contribution >= 0.6 is 11.3 Å². The number of fused-ring (bicyclic) bond motifs is 3. The monoisotopic (exact) mass is 417 g/mol. The molecule has 5 rings (SSSR count). The molecule has 30 heavy (non-hydrogen) atoms. The maximum absolute atomic E-state index is 12.5. The molecule has 0 unspecified atom stereocenters. The van der Waals surface area contributed by atoms with E-state index in [4.69, 9.17) is 0 Å². The summed E-state index contributed by atoms with van der Waals surface area (Å²) in [5, 5.41) is 8.29. The third-order valence-electron chi connectivity index (χ3n) is 5.93. The predicted octanol–water partition coefficient (Wildman–Crippen LogP) is 5.02. The summed E-state index contributed by atoms with van der Waals surface area (Å²) in [6, 6.07) is 14.5. The molecule has 0 saturated heterocycles. The molecular formula is C24H23N3O2S. The molecular weight excluding hydrogens is 394 g/mol. The highest BCUT2D eigenvalue weighted by atomic mass is 32.1. The van der Waals surface area contributed by atoms with Gasteiger partial charge in [0.2, 0.25) is 11.8 Å². The van der Waals surface area contributed by atoms with Crippen LogP contribution in [0.5, 0.6) is 0 Å². The van der Waals surface area contributed by atoms with E-state index in [1.54, 1.807) is 0 Å². The zero-order valence-corrected chi connectivity index (χ0v) is 17.4. The summed E-state index contributed by atoms with van der Waals surface area (Å²) in [7, 11) is 0. The SMILES string of the molecule is O=C(Cc1csc(NC(=O)C2CCCC2)n1)Nc1ccc2c(c1)Cc1ccccc1-2. The number of nitrogens with one attached hydrogen (secondary N) is 2. The molecule has 0 radical (unpaired) electrons. The van der Waals surface area contributed by atoms with Gasteiger partial charge in [-0.15, -0.1) is 11.3 Å². The smallest absolute Gasteiger partial charge is 0.230 e. The van der Waals surface area contributed by atoms with Crippen molar-refractivity contribution in [3.8, 4) is 11.1 Å². The fraction of sp³-hybridized carbons (Fsp3) is 0.292. The van der Waals surface area contributed by atoms with Crippen LogP contribution in [-0.4, -0.2) is 16.8 Å². The second kappa shape index (κ2) is 8.03. The molecule has 5 nitrogen and oxygen atoms in total. The highest BCUT2D eigenvalue weighted by Gasteiger charge is 2.23. The van der Waals surface area contributed by atoms with Crippen molar-refractivity contribution in [1.82, 2.24) is 4.98 Å². The number of aromatic nitrogens is 1. The number of rotatable bonds is 5. The molecule has 1 saturated carbocycles. The van der Waals surface area contributed by atoms with Gasteiger partial charge < -0.3 is 10.6 Å². The summed E-state index contributed by atoms with van der Waals surface area (Å²) in [4.78, 5) is 29.2. The van der Waals surface area contributed by atoms with Gasteiger partial charge in [0.1, 0.15) is 0 Å². The standard InChI is InChI=1S/C24H23N3O2S/c28-22(13-19-14-30-24(26-19)27-23(29)15-5-1-2-6-15)25-18-9-10-21-17(12-18)11-16-7-3-4-8-20(16)21/h3-4,7-10,12,14-15H,1-2,5-6,11,13H2,(H,25,28)(H,26,27,29). The average Bonchev–Trinajstić information content (AvgIpc) is 3.47. The summed E-state index contributed by atoms with van der Waals surface area (Å²) in [5.74, 6) is 0.0491. The largest absolute Gasteiger partial charge is 0.326 e. The molecule has 6 heteroatoms. The Bertz CT molecular complexity index is 1120. The number of anilines is 2. The van der Waals surface area contributed by atoms with E-state index in [0.717, 1.165) is 37.8 Å². The van der Waals surface area contributed by atoms with Crippen LogP contribution in [0.3, 0.4) is 0 Å². The van der Waals surface area contributed by atoms with Gasteiger partial charge in [0.05, 0.1) is 12.1 Å². The van der Waals surface area contributed by atoms with E-state index in [-0.39, 0.29) is 24.2 Å². The van der Waals surface area contributed by atoms with Crippen LogP contribution in [0.2, 0.25) is 0 Å². The number of carbonyl (C=O) groups excluding carboxylic acids is 2. The van der Waals surface area contributed by atoms with Crippen LogP contribution in [0.1, 0.15) is 42.5 Å². The molecule has 152 valence electrons. The molecule has 2 amide bonds. The number of benzene rings is 2. The molecule has 2 aliphatic rings. The van der Waals surface area contributed by atoms with Gasteiger partial charge in [-0.2, -0.15) is 0 Å². The zero-order valence-electron chi connectivity index (χ0n) is 16.6. The van der Waals surface area contributed by atoms with Crippen molar-refractivity contribution in [3.63, 3.8) is 0 Å². The van der Waals surface area contributed by atoms with Gasteiger partial charge in [0, 0.05) is 17.0 Å². The van der Waals surface area contributed by atoms with E-state index >= 15 is 0 Å². The predicted molar refractivity (Wildman–Crippen MR) is 120 cm³/mol. The average molecular weight is 418 g/mol. The van der Waals surface area contributed by atoms with Crippen LogP contribution in [0.25, 0.3) is 11.1 Å². The molecule has 0 aliphatic heterocycles. The van der Waals surface area contributed by atoms with Crippen molar-refractivity contribution < 1.29 is 9.59 Å². The van der Waals surface area contributed by atoms with Gasteiger partial charge in [-0.25, -0.2) is 4.98 Å². The second-order valence-electron chi connectivity index (χ2n) is 8.05. The van der Waals surface area contributed by atoms with E-state index in [9.17, 15) is 9.59 Å². The maximum atomic E-state index is 12.5. The second-order valence-corrected chi connectivity index (χ2v) is 8.90. The topological polar surface area (TPSA) is 71.1 Å². The quantitative estimate of drug-likeness (QED) is 0.479. The van der Waals surface area contributed by atoms with Crippen molar-refractivity contribution in [2.24, 2.45) is 5.92 Å². The molecule has 2 N–H and O–H groups in total. The van der Waals surface area contributed by atoms with Crippen LogP contribution in [0.4, 0.5) is 10.8 Å². The molecule has 1 fully saturated rings. The number of nitrogens with zero attached hydrogens (tertiary/aromatic N) is 1. The normalized spacial score (nSPS) is 14.9. The van der Waals surface area contributed by atoms with Crippen LogP contribution < -0.4 is 10.6 Å². The Morgan fingerprint density at radius 1 is 1.00 bits per heavy atom. The van der Waals surface area contributed by atoms with E-state index in [1.165, 1.54) is 33.6 Å². The Balaban J connectivity index is 1.19. The summed E-state index contributed by atoms with van der Waals surface area (Å²) >= 11 is 1.37. The van der Waals surface area contributed by atoms with Crippen molar-refractivity contribution in [2.45, 2.75) is 38.5 Å². The molecule has 3 aromatic rings. The Hall–Kier alpha value is -2.99. The van der Waals surface area contributed by atoms with Gasteiger partial charge in [0.15, 0.2) is 5.13 Å². The highest BCUT2D eigenvalue weighted by Crippen LogP contribution is 2.37. The third-order valence-corrected chi connectivity index (χ3v) is 6.73. The Labute approximate surface area is 179 Å². The fourth-order valence-corrected chi connectivity index (χ4v) is 5.15. The lowest BCUT2D eigenvalue weighted by Gasteiger charge is -2.08. The maximum Gasteiger partial charge on any atom is 0.230 e. The van der Waals surface area contributed by atoms with Crippen LogP contribution in [0, 0.1) is 5.92 Å². The summed E-state index contributed by atoms with van der Waals surface area (Å²) in [5.41, 5.74) is 6.56. The first-order chi connectivity index (χ1) is 14.7. The van der Waals surface area contributed by atoms with Crippen molar-refractivity contribution >= 4 is 34.0 Å². The fourth-order valence-electron chi connectivity index (χ4n) is 4.43. The van der Waals surface area contributed by atoms with E-state index in [1.807, 2.05) is 11.4 Å². The van der Waals surface area contributed by atoms with Gasteiger partial charge in [0.25, 0.3) is 0 Å². The van der Waals surface area contributed by atoms with Gasteiger partial charge in [-0.1, -0.05) is 43.2 Å². The van der Waals surface area contributed by atoms with Crippen molar-refractivity contribution in [1.29, 1.82) is 0 Å². The molecule has 0 bridgehead atoms. The van der Waals surface area contributed by atoms with Gasteiger partial charge in [-0.05, 0) is 53.6 Å². The lowest BCUT2D eigenvalue weighted by Crippen LogP contribution is -2.20.